The molecule has 2 N–H and O–H groups in total. The summed E-state index contributed by atoms with van der Waals surface area (Å²) in [5, 5.41) is 8.32. The van der Waals surface area contributed by atoms with E-state index in [2.05, 4.69) is 20.5 Å². The van der Waals surface area contributed by atoms with Gasteiger partial charge in [-0.25, -0.2) is 4.98 Å². The zero-order valence-corrected chi connectivity index (χ0v) is 17.6. The van der Waals surface area contributed by atoms with Crippen LogP contribution in [0.15, 0.2) is 29.6 Å². The number of rotatable bonds is 5. The highest BCUT2D eigenvalue weighted by molar-refractivity contribution is 7.14. The molecule has 0 saturated carbocycles. The summed E-state index contributed by atoms with van der Waals surface area (Å²) < 4.78 is 0. The molecule has 0 aliphatic carbocycles. The summed E-state index contributed by atoms with van der Waals surface area (Å²) in [5.74, 6) is -0.321. The molecule has 2 amide bonds. The molecule has 1 aliphatic heterocycles. The van der Waals surface area contributed by atoms with Crippen LogP contribution in [0.25, 0.3) is 0 Å². The number of aromatic nitrogens is 1. The maximum Gasteiger partial charge on any atom is 0.257 e. The molecule has 28 heavy (non-hydrogen) atoms. The van der Waals surface area contributed by atoms with Gasteiger partial charge in [0.25, 0.3) is 5.91 Å². The van der Waals surface area contributed by atoms with Crippen molar-refractivity contribution in [2.45, 2.75) is 46.6 Å². The molecule has 1 aliphatic rings. The number of anilines is 2. The second-order valence-corrected chi connectivity index (χ2v) is 9.08. The zero-order valence-electron chi connectivity index (χ0n) is 16.7. The fraction of sp³-hybridized carbons (Fsp3) is 0.476. The molecule has 6 nitrogen and oxygen atoms in total. The third-order valence-corrected chi connectivity index (χ3v) is 5.48. The van der Waals surface area contributed by atoms with E-state index in [1.165, 1.54) is 30.6 Å². The number of carbonyl (C=O) groups excluding carboxylic acids is 2. The third-order valence-electron chi connectivity index (χ3n) is 4.67. The summed E-state index contributed by atoms with van der Waals surface area (Å²) in [6, 6.07) is 6.95. The Labute approximate surface area is 170 Å². The van der Waals surface area contributed by atoms with Crippen molar-refractivity contribution in [3.63, 3.8) is 0 Å². The summed E-state index contributed by atoms with van der Waals surface area (Å²) in [6.45, 7) is 8.62. The van der Waals surface area contributed by atoms with Gasteiger partial charge < -0.3 is 5.32 Å². The van der Waals surface area contributed by atoms with Crippen LogP contribution in [0.2, 0.25) is 0 Å². The standard InChI is InChI=1S/C21H28N4O2S/c1-21(2,3)19(27)22-16-9-7-8-15(12-16)18(26)24-20-23-17(14-28-20)13-25-10-5-4-6-11-25/h7-9,12,14H,4-6,10-11,13H2,1-3H3,(H,22,27)(H,23,24,26). The van der Waals surface area contributed by atoms with Crippen LogP contribution in [0.4, 0.5) is 10.8 Å². The molecular formula is C21H28N4O2S. The van der Waals surface area contributed by atoms with Crippen LogP contribution < -0.4 is 10.6 Å². The van der Waals surface area contributed by atoms with Crippen molar-refractivity contribution in [2.75, 3.05) is 23.7 Å². The average molecular weight is 401 g/mol. The maximum absolute atomic E-state index is 12.6. The number of thiazole rings is 1. The first-order chi connectivity index (χ1) is 13.3. The first-order valence-corrected chi connectivity index (χ1v) is 10.6. The highest BCUT2D eigenvalue weighted by atomic mass is 32.1. The Morgan fingerprint density at radius 2 is 1.89 bits per heavy atom. The SMILES string of the molecule is CC(C)(C)C(=O)Nc1cccc(C(=O)Nc2nc(CN3CCCCC3)cs2)c1. The third kappa shape index (κ3) is 5.62. The normalized spacial score (nSPS) is 15.2. The Morgan fingerprint density at radius 3 is 2.61 bits per heavy atom. The van der Waals surface area contributed by atoms with E-state index in [0.717, 1.165) is 25.3 Å². The summed E-state index contributed by atoms with van der Waals surface area (Å²) in [7, 11) is 0. The minimum atomic E-state index is -0.496. The van der Waals surface area contributed by atoms with Crippen LogP contribution in [-0.4, -0.2) is 34.8 Å². The van der Waals surface area contributed by atoms with E-state index in [1.807, 2.05) is 26.2 Å². The van der Waals surface area contributed by atoms with E-state index in [1.54, 1.807) is 24.3 Å². The van der Waals surface area contributed by atoms with Crippen LogP contribution >= 0.6 is 11.3 Å². The van der Waals surface area contributed by atoms with E-state index in [-0.39, 0.29) is 11.8 Å². The molecule has 2 heterocycles. The van der Waals surface area contributed by atoms with E-state index in [4.69, 9.17) is 0 Å². The van der Waals surface area contributed by atoms with Gasteiger partial charge in [0, 0.05) is 28.6 Å². The highest BCUT2D eigenvalue weighted by Gasteiger charge is 2.21. The first-order valence-electron chi connectivity index (χ1n) is 9.71. The van der Waals surface area contributed by atoms with Gasteiger partial charge in [0.05, 0.1) is 5.69 Å². The monoisotopic (exact) mass is 400 g/mol. The zero-order chi connectivity index (χ0) is 20.1. The van der Waals surface area contributed by atoms with Crippen molar-refractivity contribution in [3.05, 3.63) is 40.9 Å². The van der Waals surface area contributed by atoms with Gasteiger partial charge in [-0.15, -0.1) is 11.3 Å². The van der Waals surface area contributed by atoms with E-state index >= 15 is 0 Å². The van der Waals surface area contributed by atoms with Gasteiger partial charge in [0.1, 0.15) is 0 Å². The van der Waals surface area contributed by atoms with Gasteiger partial charge in [-0.05, 0) is 44.1 Å². The maximum atomic E-state index is 12.6. The predicted molar refractivity (Wildman–Crippen MR) is 114 cm³/mol. The minimum absolute atomic E-state index is 0.0904. The summed E-state index contributed by atoms with van der Waals surface area (Å²) in [4.78, 5) is 31.7. The number of nitrogens with zero attached hydrogens (tertiary/aromatic N) is 2. The van der Waals surface area contributed by atoms with Crippen LogP contribution in [0.1, 0.15) is 56.1 Å². The van der Waals surface area contributed by atoms with Gasteiger partial charge in [-0.2, -0.15) is 0 Å². The van der Waals surface area contributed by atoms with Gasteiger partial charge in [-0.3, -0.25) is 19.8 Å². The van der Waals surface area contributed by atoms with Crippen molar-refractivity contribution >= 4 is 34.0 Å². The lowest BCUT2D eigenvalue weighted by atomic mass is 9.95. The number of carbonyl (C=O) groups is 2. The van der Waals surface area contributed by atoms with Crippen molar-refractivity contribution in [3.8, 4) is 0 Å². The van der Waals surface area contributed by atoms with Crippen molar-refractivity contribution in [2.24, 2.45) is 5.41 Å². The predicted octanol–water partition coefficient (Wildman–Crippen LogP) is 4.37. The van der Waals surface area contributed by atoms with Crippen molar-refractivity contribution in [1.82, 2.24) is 9.88 Å². The molecule has 3 rings (SSSR count). The summed E-state index contributed by atoms with van der Waals surface area (Å²) in [6.07, 6.45) is 3.80. The van der Waals surface area contributed by atoms with Crippen molar-refractivity contribution in [1.29, 1.82) is 0 Å². The molecule has 0 atom stereocenters. The van der Waals surface area contributed by atoms with Crippen molar-refractivity contribution < 1.29 is 9.59 Å². The second kappa shape index (κ2) is 8.84. The molecule has 0 bridgehead atoms. The molecule has 2 aromatic rings. The summed E-state index contributed by atoms with van der Waals surface area (Å²) >= 11 is 1.44. The first kappa shape index (κ1) is 20.5. The van der Waals surface area contributed by atoms with E-state index in [9.17, 15) is 9.59 Å². The number of benzene rings is 1. The smallest absolute Gasteiger partial charge is 0.257 e. The minimum Gasteiger partial charge on any atom is -0.326 e. The van der Waals surface area contributed by atoms with E-state index < -0.39 is 5.41 Å². The second-order valence-electron chi connectivity index (χ2n) is 8.22. The fourth-order valence-electron chi connectivity index (χ4n) is 3.01. The highest BCUT2D eigenvalue weighted by Crippen LogP contribution is 2.21. The molecule has 0 spiro atoms. The Kier molecular flexibility index (Phi) is 6.46. The molecule has 7 heteroatoms. The van der Waals surface area contributed by atoms with E-state index in [0.29, 0.717) is 16.4 Å². The summed E-state index contributed by atoms with van der Waals surface area (Å²) in [5.41, 5.74) is 1.59. The molecular weight excluding hydrogens is 372 g/mol. The number of piperidine rings is 1. The van der Waals surface area contributed by atoms with Gasteiger partial charge in [0.15, 0.2) is 5.13 Å². The number of hydrogen-bond donors (Lipinski definition) is 2. The largest absolute Gasteiger partial charge is 0.326 e. The molecule has 1 aromatic carbocycles. The van der Waals surface area contributed by atoms with Crippen LogP contribution in [0.5, 0.6) is 0 Å². The lowest BCUT2D eigenvalue weighted by molar-refractivity contribution is -0.123. The molecule has 1 saturated heterocycles. The molecule has 0 unspecified atom stereocenters. The Morgan fingerprint density at radius 1 is 1.14 bits per heavy atom. The van der Waals surface area contributed by atoms with Gasteiger partial charge >= 0.3 is 0 Å². The Bertz CT molecular complexity index is 835. The van der Waals surface area contributed by atoms with Gasteiger partial charge in [0.2, 0.25) is 5.91 Å². The number of likely N-dealkylation sites (tertiary alicyclic amines) is 1. The molecule has 0 radical (unpaired) electrons. The molecule has 1 fully saturated rings. The lowest BCUT2D eigenvalue weighted by Crippen LogP contribution is -2.29. The van der Waals surface area contributed by atoms with Crippen LogP contribution in [-0.2, 0) is 11.3 Å². The van der Waals surface area contributed by atoms with Crippen LogP contribution in [0, 0.1) is 5.41 Å². The molecule has 150 valence electrons. The quantitative estimate of drug-likeness (QED) is 0.782. The molecule has 1 aromatic heterocycles. The Balaban J connectivity index is 1.60. The fourth-order valence-corrected chi connectivity index (χ4v) is 3.71. The lowest BCUT2D eigenvalue weighted by Gasteiger charge is -2.25. The Hall–Kier alpha value is -2.25. The average Bonchev–Trinajstić information content (AvgIpc) is 3.08. The topological polar surface area (TPSA) is 74.3 Å². The van der Waals surface area contributed by atoms with Crippen LogP contribution in [0.3, 0.4) is 0 Å². The number of amides is 2. The van der Waals surface area contributed by atoms with Gasteiger partial charge in [-0.1, -0.05) is 33.3 Å². The number of hydrogen-bond acceptors (Lipinski definition) is 5. The number of nitrogens with one attached hydrogen (secondary N) is 2.